The number of carbonyl (C=O) groups excluding carboxylic acids is 1. The van der Waals surface area contributed by atoms with Gasteiger partial charge in [0.25, 0.3) is 5.56 Å². The third-order valence-corrected chi connectivity index (χ3v) is 7.31. The Bertz CT molecular complexity index is 1410. The highest BCUT2D eigenvalue weighted by atomic mass is 32.1. The van der Waals surface area contributed by atoms with Crippen LogP contribution in [0.3, 0.4) is 0 Å². The van der Waals surface area contributed by atoms with Gasteiger partial charge in [-0.3, -0.25) is 18.7 Å². The Morgan fingerprint density at radius 3 is 2.81 bits per heavy atom. The van der Waals surface area contributed by atoms with Gasteiger partial charge in [0.05, 0.1) is 22.6 Å². The number of hydrogen-bond acceptors (Lipinski definition) is 6. The van der Waals surface area contributed by atoms with Crippen molar-refractivity contribution in [2.24, 2.45) is 14.1 Å². The molecule has 32 heavy (non-hydrogen) atoms. The van der Waals surface area contributed by atoms with Gasteiger partial charge in [0.2, 0.25) is 5.91 Å². The maximum atomic E-state index is 13.0. The summed E-state index contributed by atoms with van der Waals surface area (Å²) in [5.41, 5.74) is 0.949. The van der Waals surface area contributed by atoms with E-state index in [2.05, 4.69) is 11.1 Å². The summed E-state index contributed by atoms with van der Waals surface area (Å²) < 4.78 is 5.33. The molecule has 1 aromatic carbocycles. The Morgan fingerprint density at radius 1 is 1.19 bits per heavy atom. The van der Waals surface area contributed by atoms with Crippen LogP contribution in [0.2, 0.25) is 0 Å². The number of aromatic nitrogens is 5. The number of thiazole rings is 1. The average molecular weight is 453 g/mol. The number of hydrogen-bond donors (Lipinski definition) is 0. The van der Waals surface area contributed by atoms with Gasteiger partial charge in [0.15, 0.2) is 11.2 Å². The molecule has 1 saturated heterocycles. The molecule has 1 fully saturated rings. The van der Waals surface area contributed by atoms with Crippen molar-refractivity contribution in [1.29, 1.82) is 0 Å². The zero-order valence-corrected chi connectivity index (χ0v) is 18.8. The van der Waals surface area contributed by atoms with Crippen LogP contribution in [-0.2, 0) is 25.4 Å². The zero-order chi connectivity index (χ0) is 22.4. The second kappa shape index (κ2) is 8.01. The number of likely N-dealkylation sites (tertiary alicyclic amines) is 1. The van der Waals surface area contributed by atoms with E-state index < -0.39 is 5.69 Å². The number of nitrogens with zero attached hydrogens (tertiary/aromatic N) is 6. The molecule has 1 atom stereocenters. The third-order valence-electron chi connectivity index (χ3n) is 6.18. The summed E-state index contributed by atoms with van der Waals surface area (Å²) in [5.74, 6) is 0.108. The molecular weight excluding hydrogens is 428 g/mol. The van der Waals surface area contributed by atoms with Crippen LogP contribution < -0.4 is 11.2 Å². The molecule has 0 aliphatic carbocycles. The molecule has 0 radical (unpaired) electrons. The van der Waals surface area contributed by atoms with Crippen molar-refractivity contribution < 1.29 is 4.79 Å². The Labute approximate surface area is 187 Å². The SMILES string of the molecule is Cn1c(=O)c2c(ncn2CCCC(=O)N2CCC[C@@H]2c2nc3ccccc3s2)n(C)c1=O. The van der Waals surface area contributed by atoms with Gasteiger partial charge in [-0.05, 0) is 31.4 Å². The fourth-order valence-electron chi connectivity index (χ4n) is 4.47. The highest BCUT2D eigenvalue weighted by Crippen LogP contribution is 2.36. The first-order chi connectivity index (χ1) is 15.5. The van der Waals surface area contributed by atoms with Crippen molar-refractivity contribution in [3.8, 4) is 0 Å². The maximum absolute atomic E-state index is 13.0. The lowest BCUT2D eigenvalue weighted by molar-refractivity contribution is -0.132. The minimum Gasteiger partial charge on any atom is -0.333 e. The first-order valence-electron chi connectivity index (χ1n) is 10.7. The van der Waals surface area contributed by atoms with Gasteiger partial charge in [0, 0.05) is 33.6 Å². The van der Waals surface area contributed by atoms with Crippen LogP contribution in [0.5, 0.6) is 0 Å². The molecule has 1 amide bonds. The molecule has 0 unspecified atom stereocenters. The third kappa shape index (κ3) is 3.35. The van der Waals surface area contributed by atoms with Crippen molar-refractivity contribution in [1.82, 2.24) is 28.6 Å². The number of amides is 1. The summed E-state index contributed by atoms with van der Waals surface area (Å²) in [7, 11) is 3.06. The molecule has 166 valence electrons. The molecule has 0 N–H and O–H groups in total. The zero-order valence-electron chi connectivity index (χ0n) is 18.0. The molecule has 1 aliphatic heterocycles. The van der Waals surface area contributed by atoms with Crippen molar-refractivity contribution in [3.63, 3.8) is 0 Å². The molecule has 5 rings (SSSR count). The summed E-state index contributed by atoms with van der Waals surface area (Å²) in [4.78, 5) is 48.6. The summed E-state index contributed by atoms with van der Waals surface area (Å²) in [6.45, 7) is 1.23. The Kier molecular flexibility index (Phi) is 5.16. The first-order valence-corrected chi connectivity index (χ1v) is 11.5. The molecule has 0 spiro atoms. The molecule has 1 aliphatic rings. The van der Waals surface area contributed by atoms with Gasteiger partial charge in [-0.2, -0.15) is 0 Å². The number of aryl methyl sites for hydroxylation is 2. The Hall–Kier alpha value is -3.27. The molecule has 10 heteroatoms. The van der Waals surface area contributed by atoms with Gasteiger partial charge >= 0.3 is 5.69 Å². The average Bonchev–Trinajstić information content (AvgIpc) is 3.53. The summed E-state index contributed by atoms with van der Waals surface area (Å²) in [5, 5.41) is 1.00. The standard InChI is InChI=1S/C22H24N6O3S/c1-25-19-18(21(30)26(2)22(25)31)27(13-23-19)11-6-10-17(29)28-12-5-8-15(28)20-24-14-7-3-4-9-16(14)32-20/h3-4,7,9,13,15H,5-6,8,10-12H2,1-2H3/t15-/m1/s1. The van der Waals surface area contributed by atoms with Crippen molar-refractivity contribution in [3.05, 3.63) is 56.4 Å². The van der Waals surface area contributed by atoms with Crippen LogP contribution >= 0.6 is 11.3 Å². The van der Waals surface area contributed by atoms with Crippen LogP contribution in [0.4, 0.5) is 0 Å². The highest BCUT2D eigenvalue weighted by molar-refractivity contribution is 7.18. The van der Waals surface area contributed by atoms with E-state index in [1.54, 1.807) is 29.3 Å². The molecular formula is C22H24N6O3S. The van der Waals surface area contributed by atoms with E-state index in [0.717, 1.165) is 39.2 Å². The second-order valence-electron chi connectivity index (χ2n) is 8.18. The predicted octanol–water partition coefficient (Wildman–Crippen LogP) is 2.19. The van der Waals surface area contributed by atoms with Crippen LogP contribution in [0.25, 0.3) is 21.4 Å². The monoisotopic (exact) mass is 452 g/mol. The van der Waals surface area contributed by atoms with Crippen LogP contribution in [-0.4, -0.2) is 41.0 Å². The summed E-state index contributed by atoms with van der Waals surface area (Å²) in [6, 6.07) is 8.09. The minimum absolute atomic E-state index is 0.0378. The lowest BCUT2D eigenvalue weighted by atomic mass is 10.2. The van der Waals surface area contributed by atoms with Gasteiger partial charge in [-0.15, -0.1) is 11.3 Å². The van der Waals surface area contributed by atoms with Gasteiger partial charge in [-0.25, -0.2) is 14.8 Å². The number of carbonyl (C=O) groups is 1. The normalized spacial score (nSPS) is 16.4. The van der Waals surface area contributed by atoms with E-state index in [1.165, 1.54) is 11.6 Å². The lowest BCUT2D eigenvalue weighted by Crippen LogP contribution is -2.37. The van der Waals surface area contributed by atoms with Crippen molar-refractivity contribution >= 4 is 38.6 Å². The van der Waals surface area contributed by atoms with E-state index in [-0.39, 0.29) is 17.5 Å². The van der Waals surface area contributed by atoms with Gasteiger partial charge in [-0.1, -0.05) is 12.1 Å². The molecule has 0 saturated carbocycles. The number of benzene rings is 1. The number of fused-ring (bicyclic) bond motifs is 2. The summed E-state index contributed by atoms with van der Waals surface area (Å²) in [6.07, 6.45) is 4.44. The van der Waals surface area contributed by atoms with Crippen LogP contribution in [0, 0.1) is 0 Å². The molecule has 3 aromatic heterocycles. The molecule has 9 nitrogen and oxygen atoms in total. The fraction of sp³-hybridized carbons (Fsp3) is 0.409. The maximum Gasteiger partial charge on any atom is 0.332 e. The highest BCUT2D eigenvalue weighted by Gasteiger charge is 2.31. The summed E-state index contributed by atoms with van der Waals surface area (Å²) >= 11 is 1.66. The lowest BCUT2D eigenvalue weighted by Gasteiger charge is -2.23. The van der Waals surface area contributed by atoms with Crippen LogP contribution in [0.15, 0.2) is 40.2 Å². The van der Waals surface area contributed by atoms with Crippen LogP contribution in [0.1, 0.15) is 36.7 Å². The minimum atomic E-state index is -0.405. The van der Waals surface area contributed by atoms with E-state index >= 15 is 0 Å². The smallest absolute Gasteiger partial charge is 0.332 e. The van der Waals surface area contributed by atoms with E-state index in [0.29, 0.717) is 30.6 Å². The fourth-order valence-corrected chi connectivity index (χ4v) is 5.58. The quantitative estimate of drug-likeness (QED) is 0.463. The Morgan fingerprint density at radius 2 is 2.00 bits per heavy atom. The van der Waals surface area contributed by atoms with Gasteiger partial charge < -0.3 is 9.47 Å². The van der Waals surface area contributed by atoms with Crippen molar-refractivity contribution in [2.45, 2.75) is 38.3 Å². The Balaban J connectivity index is 1.30. The van der Waals surface area contributed by atoms with Crippen molar-refractivity contribution in [2.75, 3.05) is 6.54 Å². The number of imidazole rings is 1. The molecule has 4 aromatic rings. The van der Waals surface area contributed by atoms with E-state index in [4.69, 9.17) is 4.98 Å². The predicted molar refractivity (Wildman–Crippen MR) is 123 cm³/mol. The molecule has 4 heterocycles. The van der Waals surface area contributed by atoms with E-state index in [9.17, 15) is 14.4 Å². The largest absolute Gasteiger partial charge is 0.333 e. The second-order valence-corrected chi connectivity index (χ2v) is 9.25. The molecule has 0 bridgehead atoms. The topological polar surface area (TPSA) is 95.0 Å². The van der Waals surface area contributed by atoms with Gasteiger partial charge in [0.1, 0.15) is 5.01 Å². The first kappa shape index (κ1) is 20.6. The van der Waals surface area contributed by atoms with E-state index in [1.807, 2.05) is 23.1 Å². The number of rotatable bonds is 5. The number of para-hydroxylation sites is 1.